The Morgan fingerprint density at radius 3 is 2.73 bits per heavy atom. The third-order valence-corrected chi connectivity index (χ3v) is 8.67. The van der Waals surface area contributed by atoms with Crippen LogP contribution in [-0.4, -0.2) is 94.7 Å². The minimum absolute atomic E-state index is 0.0138. The number of fused-ring (bicyclic) bond motifs is 1. The van der Waals surface area contributed by atoms with Gasteiger partial charge < -0.3 is 31.3 Å². The monoisotopic (exact) mass is 487 g/mol. The number of carboxylic acids is 1. The van der Waals surface area contributed by atoms with Gasteiger partial charge in [0.1, 0.15) is 5.70 Å². The third kappa shape index (κ3) is 4.62. The number of carbonyl (C=O) groups excluding carboxylic acids is 2. The normalized spacial score (nSPS) is 35.2. The van der Waals surface area contributed by atoms with Crippen molar-refractivity contribution in [3.63, 3.8) is 0 Å². The molecule has 0 bridgehead atoms. The van der Waals surface area contributed by atoms with Crippen LogP contribution in [0.5, 0.6) is 0 Å². The highest BCUT2D eigenvalue weighted by Crippen LogP contribution is 2.51. The lowest BCUT2D eigenvalue weighted by Crippen LogP contribution is -2.66. The Hall–Kier alpha value is -1.76. The molecule has 2 amide bonds. The van der Waals surface area contributed by atoms with Gasteiger partial charge in [0.15, 0.2) is 0 Å². The van der Waals surface area contributed by atoms with E-state index in [0.717, 1.165) is 39.0 Å². The zero-order valence-corrected chi connectivity index (χ0v) is 19.5. The number of aliphatic carboxylic acids is 1. The quantitative estimate of drug-likeness (QED) is 0.353. The number of carboxylic acid groups (broad SMARTS) is 1. The highest BCUT2D eigenvalue weighted by molar-refractivity contribution is 8.03. The fourth-order valence-electron chi connectivity index (χ4n) is 5.60. The number of nitrogens with two attached hydrogens (primary N) is 1. The van der Waals surface area contributed by atoms with Crippen LogP contribution >= 0.6 is 11.8 Å². The Morgan fingerprint density at radius 2 is 2.12 bits per heavy atom. The molecule has 0 saturated carbocycles. The molecule has 0 radical (unpaired) electrons. The van der Waals surface area contributed by atoms with Gasteiger partial charge in [0, 0.05) is 53.8 Å². The maximum atomic E-state index is 12.8. The Labute approximate surface area is 195 Å². The molecule has 4 rings (SSSR count). The average Bonchev–Trinajstić information content (AvgIpc) is 3.41. The first-order valence-corrected chi connectivity index (χ1v) is 12.2. The molecule has 9 nitrogen and oxygen atoms in total. The van der Waals surface area contributed by atoms with E-state index < -0.39 is 42.2 Å². The molecule has 4 aliphatic rings. The first kappa shape index (κ1) is 24.4. The molecular weight excluding hydrogens is 456 g/mol. The van der Waals surface area contributed by atoms with Crippen molar-refractivity contribution >= 4 is 29.5 Å². The van der Waals surface area contributed by atoms with E-state index in [1.165, 1.54) is 23.6 Å². The number of rotatable bonds is 8. The summed E-state index contributed by atoms with van der Waals surface area (Å²) in [7, 11) is 0. The van der Waals surface area contributed by atoms with Crippen molar-refractivity contribution in [1.29, 1.82) is 0 Å². The van der Waals surface area contributed by atoms with Gasteiger partial charge in [-0.05, 0) is 26.3 Å². The third-order valence-electron chi connectivity index (χ3n) is 7.16. The van der Waals surface area contributed by atoms with Crippen LogP contribution in [0.2, 0.25) is 0 Å². The van der Waals surface area contributed by atoms with Crippen LogP contribution in [0.25, 0.3) is 0 Å². The molecule has 1 unspecified atom stereocenters. The second-order valence-electron chi connectivity index (χ2n) is 9.52. The van der Waals surface area contributed by atoms with Crippen molar-refractivity contribution in [2.75, 3.05) is 26.2 Å². The molecular formula is C21H31F2N5O4S. The lowest BCUT2D eigenvalue weighted by Gasteiger charge is -2.47. The van der Waals surface area contributed by atoms with Gasteiger partial charge in [-0.2, -0.15) is 8.78 Å². The number of hydrogen-bond acceptors (Lipinski definition) is 7. The maximum absolute atomic E-state index is 12.8. The zero-order chi connectivity index (χ0) is 24.0. The minimum atomic E-state index is -3.17. The predicted molar refractivity (Wildman–Crippen MR) is 118 cm³/mol. The summed E-state index contributed by atoms with van der Waals surface area (Å²) in [5.74, 6) is -4.04. The summed E-state index contributed by atoms with van der Waals surface area (Å²) in [5.41, 5.74) is 5.98. The van der Waals surface area contributed by atoms with Crippen molar-refractivity contribution in [2.24, 2.45) is 17.6 Å². The molecule has 0 aliphatic carbocycles. The van der Waals surface area contributed by atoms with Crippen molar-refractivity contribution < 1.29 is 28.3 Å². The van der Waals surface area contributed by atoms with E-state index in [-0.39, 0.29) is 22.9 Å². The van der Waals surface area contributed by atoms with Crippen molar-refractivity contribution in [3.8, 4) is 0 Å². The van der Waals surface area contributed by atoms with Crippen LogP contribution in [0, 0.1) is 11.8 Å². The fraction of sp³-hybridized carbons (Fsp3) is 0.762. The molecule has 184 valence electrons. The molecule has 12 heteroatoms. The molecule has 33 heavy (non-hydrogen) atoms. The van der Waals surface area contributed by atoms with Crippen molar-refractivity contribution in [1.82, 2.24) is 20.4 Å². The Morgan fingerprint density at radius 1 is 1.39 bits per heavy atom. The number of thioether (sulfide) groups is 1. The molecule has 0 aromatic rings. The SMILES string of the molecule is C[C@@H](NC(=O)C(F)F)[C@H]1C(=O)N2C(C(=O)O)=C(S[C@@H]3CN[C@H](CN4CCC(N)C4)C3)[C@H](C)[C@H]12. The van der Waals surface area contributed by atoms with Gasteiger partial charge >= 0.3 is 12.4 Å². The molecule has 3 saturated heterocycles. The lowest BCUT2D eigenvalue weighted by atomic mass is 9.78. The molecule has 3 fully saturated rings. The molecule has 0 aromatic heterocycles. The van der Waals surface area contributed by atoms with Crippen LogP contribution in [0.3, 0.4) is 0 Å². The molecule has 0 spiro atoms. The van der Waals surface area contributed by atoms with E-state index in [0.29, 0.717) is 10.9 Å². The summed E-state index contributed by atoms with van der Waals surface area (Å²) in [6.45, 7) is 6.89. The molecule has 5 N–H and O–H groups in total. The molecule has 7 atom stereocenters. The van der Waals surface area contributed by atoms with Gasteiger partial charge in [-0.1, -0.05) is 6.92 Å². The maximum Gasteiger partial charge on any atom is 0.353 e. The standard InChI is InChI=1S/C21H31F2N5O4S/c1-9-15-14(10(2)26-19(29)18(22)23)20(30)28(15)16(21(31)32)17(9)33-13-5-12(25-6-13)8-27-4-3-11(24)7-27/h9-15,18,25H,3-8,24H2,1-2H3,(H,26,29)(H,31,32)/t9-,10-,11?,12+,13+,14-,15-/m1/s1. The van der Waals surface area contributed by atoms with E-state index in [2.05, 4.69) is 15.5 Å². The molecule has 4 aliphatic heterocycles. The Bertz CT molecular complexity index is 859. The summed E-state index contributed by atoms with van der Waals surface area (Å²) >= 11 is 1.50. The lowest BCUT2D eigenvalue weighted by molar-refractivity contribution is -0.159. The number of nitrogens with zero attached hydrogens (tertiary/aromatic N) is 2. The van der Waals surface area contributed by atoms with Gasteiger partial charge in [-0.3, -0.25) is 9.59 Å². The first-order valence-electron chi connectivity index (χ1n) is 11.4. The number of likely N-dealkylation sites (tertiary alicyclic amines) is 1. The Kier molecular flexibility index (Phi) is 7.00. The van der Waals surface area contributed by atoms with Crippen LogP contribution in [0.4, 0.5) is 8.78 Å². The van der Waals surface area contributed by atoms with Gasteiger partial charge in [-0.25, -0.2) is 4.79 Å². The van der Waals surface area contributed by atoms with Crippen LogP contribution in [-0.2, 0) is 14.4 Å². The fourth-order valence-corrected chi connectivity index (χ4v) is 7.12. The van der Waals surface area contributed by atoms with Gasteiger partial charge in [0.05, 0.1) is 12.0 Å². The second kappa shape index (κ2) is 9.47. The summed E-state index contributed by atoms with van der Waals surface area (Å²) in [6, 6.07) is -0.752. The number of hydrogen-bond donors (Lipinski definition) is 4. The van der Waals surface area contributed by atoms with E-state index >= 15 is 0 Å². The van der Waals surface area contributed by atoms with Gasteiger partial charge in [0.2, 0.25) is 5.91 Å². The molecule has 0 aromatic carbocycles. The number of amides is 2. The van der Waals surface area contributed by atoms with E-state index in [1.807, 2.05) is 6.92 Å². The number of nitrogens with one attached hydrogen (secondary N) is 2. The highest BCUT2D eigenvalue weighted by atomic mass is 32.2. The van der Waals surface area contributed by atoms with Crippen molar-refractivity contribution in [3.05, 3.63) is 10.6 Å². The number of carbonyl (C=O) groups is 3. The molecule has 4 heterocycles. The van der Waals surface area contributed by atoms with E-state index in [4.69, 9.17) is 5.73 Å². The summed E-state index contributed by atoms with van der Waals surface area (Å²) in [4.78, 5) is 40.5. The summed E-state index contributed by atoms with van der Waals surface area (Å²) in [5, 5.41) is 15.7. The van der Waals surface area contributed by atoms with E-state index in [1.54, 1.807) is 0 Å². The van der Waals surface area contributed by atoms with E-state index in [9.17, 15) is 28.3 Å². The van der Waals surface area contributed by atoms with Gasteiger partial charge in [-0.15, -0.1) is 11.8 Å². The zero-order valence-electron chi connectivity index (χ0n) is 18.7. The van der Waals surface area contributed by atoms with Crippen LogP contribution < -0.4 is 16.4 Å². The smallest absolute Gasteiger partial charge is 0.353 e. The summed E-state index contributed by atoms with van der Waals surface area (Å²) < 4.78 is 25.3. The van der Waals surface area contributed by atoms with Gasteiger partial charge in [0.25, 0.3) is 5.91 Å². The average molecular weight is 488 g/mol. The summed E-state index contributed by atoms with van der Waals surface area (Å²) in [6.07, 6.45) is -1.29. The number of alkyl halides is 2. The first-order chi connectivity index (χ1) is 15.6. The topological polar surface area (TPSA) is 128 Å². The predicted octanol–water partition coefficient (Wildman–Crippen LogP) is 0.0258. The second-order valence-corrected chi connectivity index (χ2v) is 10.9. The number of halogens is 2. The highest BCUT2D eigenvalue weighted by Gasteiger charge is 2.60. The number of β-lactam (4-membered cyclic amide) rings is 1. The van der Waals surface area contributed by atoms with Crippen LogP contribution in [0.15, 0.2) is 10.6 Å². The van der Waals surface area contributed by atoms with Crippen LogP contribution in [0.1, 0.15) is 26.7 Å². The largest absolute Gasteiger partial charge is 0.477 e. The minimum Gasteiger partial charge on any atom is -0.477 e. The Balaban J connectivity index is 1.42. The van der Waals surface area contributed by atoms with Crippen molar-refractivity contribution in [2.45, 2.75) is 62.5 Å².